The van der Waals surface area contributed by atoms with Crippen LogP contribution in [0.5, 0.6) is 0 Å². The van der Waals surface area contributed by atoms with Gasteiger partial charge >= 0.3 is 0 Å². The van der Waals surface area contributed by atoms with Crippen molar-refractivity contribution in [2.24, 2.45) is 5.92 Å². The van der Waals surface area contributed by atoms with Crippen molar-refractivity contribution in [2.45, 2.75) is 20.8 Å². The SMILES string of the molecule is C/C=C\C(=N)OCC(C)C. The number of nitrogens with one attached hydrogen (secondary N) is 1. The van der Waals surface area contributed by atoms with E-state index >= 15 is 0 Å². The number of rotatable bonds is 3. The molecule has 10 heavy (non-hydrogen) atoms. The molecule has 0 heterocycles. The Balaban J connectivity index is 3.40. The summed E-state index contributed by atoms with van der Waals surface area (Å²) in [4.78, 5) is 0. The third-order valence-electron chi connectivity index (χ3n) is 0.890. The molecule has 0 rings (SSSR count). The fourth-order valence-corrected chi connectivity index (χ4v) is 0.456. The zero-order valence-corrected chi connectivity index (χ0v) is 6.85. The molecular formula is C8H15NO. The Morgan fingerprint density at radius 1 is 1.60 bits per heavy atom. The second kappa shape index (κ2) is 5.03. The first-order valence-electron chi connectivity index (χ1n) is 3.51. The van der Waals surface area contributed by atoms with E-state index in [1.807, 2.05) is 6.92 Å². The minimum absolute atomic E-state index is 0.246. The van der Waals surface area contributed by atoms with Gasteiger partial charge in [-0.15, -0.1) is 0 Å². The zero-order valence-electron chi connectivity index (χ0n) is 6.85. The summed E-state index contributed by atoms with van der Waals surface area (Å²) in [5, 5.41) is 7.17. The number of ether oxygens (including phenoxy) is 1. The van der Waals surface area contributed by atoms with Gasteiger partial charge in [0, 0.05) is 0 Å². The fraction of sp³-hybridized carbons (Fsp3) is 0.625. The van der Waals surface area contributed by atoms with E-state index in [1.54, 1.807) is 12.2 Å². The van der Waals surface area contributed by atoms with Crippen LogP contribution in [-0.4, -0.2) is 12.5 Å². The van der Waals surface area contributed by atoms with Crippen molar-refractivity contribution in [3.05, 3.63) is 12.2 Å². The van der Waals surface area contributed by atoms with Crippen LogP contribution in [0.15, 0.2) is 12.2 Å². The molecule has 0 aromatic heterocycles. The third-order valence-corrected chi connectivity index (χ3v) is 0.890. The summed E-state index contributed by atoms with van der Waals surface area (Å²) in [6.45, 7) is 6.61. The third kappa shape index (κ3) is 5.35. The second-order valence-corrected chi connectivity index (χ2v) is 2.57. The van der Waals surface area contributed by atoms with Crippen molar-refractivity contribution in [1.29, 1.82) is 5.41 Å². The van der Waals surface area contributed by atoms with Crippen LogP contribution in [0.2, 0.25) is 0 Å². The maximum atomic E-state index is 7.17. The molecule has 0 aliphatic rings. The number of hydrogen-bond donors (Lipinski definition) is 1. The van der Waals surface area contributed by atoms with Crippen LogP contribution in [0.3, 0.4) is 0 Å². The van der Waals surface area contributed by atoms with E-state index in [9.17, 15) is 0 Å². The smallest absolute Gasteiger partial charge is 0.205 e. The zero-order chi connectivity index (χ0) is 7.98. The molecule has 0 saturated heterocycles. The van der Waals surface area contributed by atoms with Crippen molar-refractivity contribution >= 4 is 5.90 Å². The lowest BCUT2D eigenvalue weighted by Gasteiger charge is -2.05. The molecule has 0 aromatic carbocycles. The first-order valence-corrected chi connectivity index (χ1v) is 3.51. The highest BCUT2D eigenvalue weighted by atomic mass is 16.5. The van der Waals surface area contributed by atoms with Crippen molar-refractivity contribution in [3.63, 3.8) is 0 Å². The summed E-state index contributed by atoms with van der Waals surface area (Å²) >= 11 is 0. The van der Waals surface area contributed by atoms with Crippen molar-refractivity contribution in [1.82, 2.24) is 0 Å². The molecule has 0 radical (unpaired) electrons. The van der Waals surface area contributed by atoms with Crippen molar-refractivity contribution < 1.29 is 4.74 Å². The largest absolute Gasteiger partial charge is 0.478 e. The van der Waals surface area contributed by atoms with Gasteiger partial charge in [0.2, 0.25) is 5.90 Å². The molecule has 0 fully saturated rings. The van der Waals surface area contributed by atoms with E-state index in [-0.39, 0.29) is 5.90 Å². The average molecular weight is 141 g/mol. The molecule has 0 bridgehead atoms. The predicted octanol–water partition coefficient (Wildman–Crippen LogP) is 2.21. The van der Waals surface area contributed by atoms with Crippen LogP contribution in [0.1, 0.15) is 20.8 Å². The molecule has 0 amide bonds. The van der Waals surface area contributed by atoms with E-state index in [4.69, 9.17) is 10.1 Å². The fourth-order valence-electron chi connectivity index (χ4n) is 0.456. The Morgan fingerprint density at radius 3 is 2.60 bits per heavy atom. The van der Waals surface area contributed by atoms with Crippen LogP contribution in [0.25, 0.3) is 0 Å². The lowest BCUT2D eigenvalue weighted by molar-refractivity contribution is 0.259. The van der Waals surface area contributed by atoms with Crippen molar-refractivity contribution in [3.8, 4) is 0 Å². The lowest BCUT2D eigenvalue weighted by atomic mass is 10.2. The Morgan fingerprint density at radius 2 is 2.20 bits per heavy atom. The summed E-state index contributed by atoms with van der Waals surface area (Å²) in [7, 11) is 0. The molecule has 2 heteroatoms. The van der Waals surface area contributed by atoms with E-state index in [0.717, 1.165) is 0 Å². The van der Waals surface area contributed by atoms with Gasteiger partial charge in [0.05, 0.1) is 6.61 Å². The first kappa shape index (κ1) is 9.21. The molecule has 0 aromatic rings. The maximum absolute atomic E-state index is 7.17. The molecule has 0 saturated carbocycles. The Kier molecular flexibility index (Phi) is 4.63. The average Bonchev–Trinajstić information content (AvgIpc) is 1.85. The molecule has 0 aliphatic heterocycles. The molecule has 2 nitrogen and oxygen atoms in total. The van der Waals surface area contributed by atoms with Gasteiger partial charge in [-0.1, -0.05) is 19.9 Å². The maximum Gasteiger partial charge on any atom is 0.205 e. The van der Waals surface area contributed by atoms with Crippen LogP contribution < -0.4 is 0 Å². The predicted molar refractivity (Wildman–Crippen MR) is 43.3 cm³/mol. The lowest BCUT2D eigenvalue weighted by Crippen LogP contribution is -2.06. The topological polar surface area (TPSA) is 33.1 Å². The monoisotopic (exact) mass is 141 g/mol. The number of allylic oxidation sites excluding steroid dienone is 1. The molecule has 58 valence electrons. The van der Waals surface area contributed by atoms with Gasteiger partial charge in [-0.25, -0.2) is 0 Å². The molecule has 1 N–H and O–H groups in total. The molecule has 0 atom stereocenters. The van der Waals surface area contributed by atoms with Crippen LogP contribution in [0.4, 0.5) is 0 Å². The number of hydrogen-bond acceptors (Lipinski definition) is 2. The standard InChI is InChI=1S/C8H15NO/c1-4-5-8(9)10-6-7(2)3/h4-5,7,9H,6H2,1-3H3/b5-4-,9-8?. The molecular weight excluding hydrogens is 126 g/mol. The van der Waals surface area contributed by atoms with Gasteiger partial charge in [0.15, 0.2) is 0 Å². The summed E-state index contributed by atoms with van der Waals surface area (Å²) in [6.07, 6.45) is 3.44. The molecule has 0 spiro atoms. The van der Waals surface area contributed by atoms with E-state index < -0.39 is 0 Å². The Bertz CT molecular complexity index is 127. The van der Waals surface area contributed by atoms with Gasteiger partial charge in [0.25, 0.3) is 0 Å². The van der Waals surface area contributed by atoms with Gasteiger partial charge in [0.1, 0.15) is 0 Å². The Hall–Kier alpha value is -0.790. The van der Waals surface area contributed by atoms with E-state index in [1.165, 1.54) is 0 Å². The first-order chi connectivity index (χ1) is 4.66. The summed E-state index contributed by atoms with van der Waals surface area (Å²) < 4.78 is 5.04. The highest BCUT2D eigenvalue weighted by molar-refractivity contribution is 5.84. The van der Waals surface area contributed by atoms with Crippen LogP contribution in [-0.2, 0) is 4.74 Å². The summed E-state index contributed by atoms with van der Waals surface area (Å²) in [5.74, 6) is 0.738. The minimum Gasteiger partial charge on any atom is -0.478 e. The van der Waals surface area contributed by atoms with Gasteiger partial charge < -0.3 is 4.74 Å². The Labute approximate surface area is 62.4 Å². The van der Waals surface area contributed by atoms with Gasteiger partial charge in [-0.3, -0.25) is 5.41 Å². The van der Waals surface area contributed by atoms with Crippen LogP contribution in [0, 0.1) is 11.3 Å². The molecule has 0 aliphatic carbocycles. The van der Waals surface area contributed by atoms with Gasteiger partial charge in [-0.2, -0.15) is 0 Å². The molecule has 0 unspecified atom stereocenters. The highest BCUT2D eigenvalue weighted by Gasteiger charge is 1.94. The highest BCUT2D eigenvalue weighted by Crippen LogP contribution is 1.93. The van der Waals surface area contributed by atoms with E-state index in [0.29, 0.717) is 12.5 Å². The second-order valence-electron chi connectivity index (χ2n) is 2.57. The van der Waals surface area contributed by atoms with Crippen LogP contribution >= 0.6 is 0 Å². The summed E-state index contributed by atoms with van der Waals surface area (Å²) in [5.41, 5.74) is 0. The normalized spacial score (nSPS) is 10.8. The quantitative estimate of drug-likeness (QED) is 0.474. The van der Waals surface area contributed by atoms with E-state index in [2.05, 4.69) is 13.8 Å². The van der Waals surface area contributed by atoms with Gasteiger partial charge in [-0.05, 0) is 18.9 Å². The summed E-state index contributed by atoms with van der Waals surface area (Å²) in [6, 6.07) is 0. The van der Waals surface area contributed by atoms with Crippen molar-refractivity contribution in [2.75, 3.05) is 6.61 Å². The minimum atomic E-state index is 0.246.